The molecule has 1 amide bonds. The summed E-state index contributed by atoms with van der Waals surface area (Å²) in [5, 5.41) is 0. The lowest BCUT2D eigenvalue weighted by Crippen LogP contribution is -2.61. The van der Waals surface area contributed by atoms with Gasteiger partial charge in [-0.25, -0.2) is 0 Å². The maximum absolute atomic E-state index is 11.9. The summed E-state index contributed by atoms with van der Waals surface area (Å²) in [6.07, 6.45) is 0.714. The molecular formula is C11H23N3O. The zero-order valence-electron chi connectivity index (χ0n) is 10.3. The van der Waals surface area contributed by atoms with Gasteiger partial charge in [-0.15, -0.1) is 0 Å². The van der Waals surface area contributed by atoms with Crippen molar-refractivity contribution in [2.75, 3.05) is 26.7 Å². The molecule has 0 unspecified atom stereocenters. The number of rotatable bonds is 2. The molecular weight excluding hydrogens is 190 g/mol. The number of carbonyl (C=O) groups excluding carboxylic acids is 1. The van der Waals surface area contributed by atoms with Gasteiger partial charge in [-0.2, -0.15) is 0 Å². The standard InChI is InChI=1S/C11H23N3O/c1-5-9(12)10(15)14-7-6-13(4)11(2,3)8-14/h9H,5-8,12H2,1-4H3/t9-/m0/s1. The molecule has 0 saturated carbocycles. The summed E-state index contributed by atoms with van der Waals surface area (Å²) in [4.78, 5) is 16.1. The van der Waals surface area contributed by atoms with E-state index < -0.39 is 0 Å². The molecule has 1 heterocycles. The topological polar surface area (TPSA) is 49.6 Å². The highest BCUT2D eigenvalue weighted by Gasteiger charge is 2.34. The minimum Gasteiger partial charge on any atom is -0.338 e. The van der Waals surface area contributed by atoms with E-state index in [0.29, 0.717) is 6.42 Å². The number of hydrogen-bond donors (Lipinski definition) is 1. The Hall–Kier alpha value is -0.610. The van der Waals surface area contributed by atoms with Crippen LogP contribution in [0.15, 0.2) is 0 Å². The van der Waals surface area contributed by atoms with E-state index in [1.54, 1.807) is 0 Å². The van der Waals surface area contributed by atoms with Crippen molar-refractivity contribution in [1.82, 2.24) is 9.80 Å². The van der Waals surface area contributed by atoms with Gasteiger partial charge in [0.15, 0.2) is 0 Å². The summed E-state index contributed by atoms with van der Waals surface area (Å²) < 4.78 is 0. The molecule has 1 atom stereocenters. The Morgan fingerprint density at radius 1 is 1.47 bits per heavy atom. The Morgan fingerprint density at radius 3 is 2.53 bits per heavy atom. The Labute approximate surface area is 92.4 Å². The molecule has 1 aliphatic rings. The second kappa shape index (κ2) is 4.49. The highest BCUT2D eigenvalue weighted by Crippen LogP contribution is 2.19. The summed E-state index contributed by atoms with van der Waals surface area (Å²) in [5.74, 6) is 0.0960. The molecule has 0 aromatic rings. The van der Waals surface area contributed by atoms with Crippen molar-refractivity contribution in [2.24, 2.45) is 5.73 Å². The lowest BCUT2D eigenvalue weighted by molar-refractivity contribution is -0.137. The Bertz CT molecular complexity index is 240. The molecule has 15 heavy (non-hydrogen) atoms. The van der Waals surface area contributed by atoms with Crippen LogP contribution < -0.4 is 5.73 Å². The molecule has 1 rings (SSSR count). The van der Waals surface area contributed by atoms with Gasteiger partial charge in [0.1, 0.15) is 0 Å². The van der Waals surface area contributed by atoms with Gasteiger partial charge in [0, 0.05) is 25.2 Å². The van der Waals surface area contributed by atoms with Crippen LogP contribution in [-0.2, 0) is 4.79 Å². The van der Waals surface area contributed by atoms with Crippen LogP contribution in [0.1, 0.15) is 27.2 Å². The second-order valence-electron chi connectivity index (χ2n) is 5.01. The largest absolute Gasteiger partial charge is 0.338 e. The van der Waals surface area contributed by atoms with E-state index >= 15 is 0 Å². The van der Waals surface area contributed by atoms with Gasteiger partial charge in [0.2, 0.25) is 5.91 Å². The van der Waals surface area contributed by atoms with Crippen molar-refractivity contribution in [3.8, 4) is 0 Å². The van der Waals surface area contributed by atoms with Crippen LogP contribution in [0.25, 0.3) is 0 Å². The van der Waals surface area contributed by atoms with Gasteiger partial charge >= 0.3 is 0 Å². The van der Waals surface area contributed by atoms with Crippen molar-refractivity contribution < 1.29 is 4.79 Å². The van der Waals surface area contributed by atoms with E-state index in [1.165, 1.54) is 0 Å². The zero-order valence-corrected chi connectivity index (χ0v) is 10.3. The van der Waals surface area contributed by atoms with Crippen LogP contribution in [0.3, 0.4) is 0 Å². The Morgan fingerprint density at radius 2 is 2.07 bits per heavy atom. The van der Waals surface area contributed by atoms with E-state index in [-0.39, 0.29) is 17.5 Å². The van der Waals surface area contributed by atoms with Gasteiger partial charge in [0.25, 0.3) is 0 Å². The molecule has 1 aliphatic heterocycles. The van der Waals surface area contributed by atoms with Crippen LogP contribution in [-0.4, -0.2) is 54.0 Å². The number of hydrogen-bond acceptors (Lipinski definition) is 3. The van der Waals surface area contributed by atoms with E-state index in [4.69, 9.17) is 5.73 Å². The first-order chi connectivity index (χ1) is 6.88. The van der Waals surface area contributed by atoms with Crippen LogP contribution in [0.5, 0.6) is 0 Å². The smallest absolute Gasteiger partial charge is 0.239 e. The predicted molar refractivity (Wildman–Crippen MR) is 61.6 cm³/mol. The highest BCUT2D eigenvalue weighted by molar-refractivity contribution is 5.81. The summed E-state index contributed by atoms with van der Waals surface area (Å²) in [5.41, 5.74) is 5.82. The van der Waals surface area contributed by atoms with E-state index in [1.807, 2.05) is 11.8 Å². The number of amides is 1. The lowest BCUT2D eigenvalue weighted by atomic mass is 9.99. The molecule has 0 aromatic heterocycles. The minimum absolute atomic E-state index is 0.0569. The number of piperazine rings is 1. The lowest BCUT2D eigenvalue weighted by Gasteiger charge is -2.45. The maximum Gasteiger partial charge on any atom is 0.239 e. The third-order valence-electron chi connectivity index (χ3n) is 3.39. The van der Waals surface area contributed by atoms with Gasteiger partial charge in [-0.3, -0.25) is 9.69 Å². The summed E-state index contributed by atoms with van der Waals surface area (Å²) in [6, 6.07) is -0.329. The molecule has 88 valence electrons. The average molecular weight is 213 g/mol. The van der Waals surface area contributed by atoms with Gasteiger partial charge in [0.05, 0.1) is 6.04 Å². The first-order valence-electron chi connectivity index (χ1n) is 5.64. The first kappa shape index (κ1) is 12.5. The van der Waals surface area contributed by atoms with Gasteiger partial charge < -0.3 is 10.6 Å². The van der Waals surface area contributed by atoms with Crippen molar-refractivity contribution in [1.29, 1.82) is 0 Å². The second-order valence-corrected chi connectivity index (χ2v) is 5.01. The summed E-state index contributed by atoms with van der Waals surface area (Å²) >= 11 is 0. The fourth-order valence-electron chi connectivity index (χ4n) is 1.84. The SMILES string of the molecule is CC[C@H](N)C(=O)N1CCN(C)C(C)(C)C1. The van der Waals surface area contributed by atoms with Crippen LogP contribution in [0, 0.1) is 0 Å². The molecule has 1 saturated heterocycles. The number of nitrogens with two attached hydrogens (primary N) is 1. The Kier molecular flexibility index (Phi) is 3.73. The van der Waals surface area contributed by atoms with Crippen LogP contribution in [0.2, 0.25) is 0 Å². The van der Waals surface area contributed by atoms with E-state index in [9.17, 15) is 4.79 Å². The molecule has 4 heteroatoms. The van der Waals surface area contributed by atoms with Crippen molar-refractivity contribution in [2.45, 2.75) is 38.8 Å². The number of nitrogens with zero attached hydrogens (tertiary/aromatic N) is 2. The molecule has 0 aromatic carbocycles. The number of carbonyl (C=O) groups is 1. The van der Waals surface area contributed by atoms with Gasteiger partial charge in [-0.1, -0.05) is 6.92 Å². The van der Waals surface area contributed by atoms with Crippen molar-refractivity contribution >= 4 is 5.91 Å². The molecule has 0 bridgehead atoms. The zero-order chi connectivity index (χ0) is 11.6. The average Bonchev–Trinajstić information content (AvgIpc) is 2.19. The first-order valence-corrected chi connectivity index (χ1v) is 5.64. The fourth-order valence-corrected chi connectivity index (χ4v) is 1.84. The number of likely N-dealkylation sites (N-methyl/N-ethyl adjacent to an activating group) is 1. The van der Waals surface area contributed by atoms with E-state index in [2.05, 4.69) is 25.8 Å². The van der Waals surface area contributed by atoms with E-state index in [0.717, 1.165) is 19.6 Å². The highest BCUT2D eigenvalue weighted by atomic mass is 16.2. The minimum atomic E-state index is -0.329. The third kappa shape index (κ3) is 2.69. The summed E-state index contributed by atoms with van der Waals surface area (Å²) in [7, 11) is 2.10. The normalized spacial score (nSPS) is 23.9. The monoisotopic (exact) mass is 213 g/mol. The summed E-state index contributed by atoms with van der Waals surface area (Å²) in [6.45, 7) is 8.76. The Balaban J connectivity index is 2.63. The molecule has 1 fully saturated rings. The molecule has 0 radical (unpaired) electrons. The maximum atomic E-state index is 11.9. The predicted octanol–water partition coefficient (Wildman–Crippen LogP) is 0.276. The fraction of sp³-hybridized carbons (Fsp3) is 0.909. The van der Waals surface area contributed by atoms with Crippen LogP contribution in [0.4, 0.5) is 0 Å². The quantitative estimate of drug-likeness (QED) is 0.716. The van der Waals surface area contributed by atoms with Gasteiger partial charge in [-0.05, 0) is 27.3 Å². The molecule has 0 spiro atoms. The molecule has 2 N–H and O–H groups in total. The molecule has 0 aliphatic carbocycles. The van der Waals surface area contributed by atoms with Crippen molar-refractivity contribution in [3.05, 3.63) is 0 Å². The molecule has 4 nitrogen and oxygen atoms in total. The van der Waals surface area contributed by atoms with Crippen LogP contribution >= 0.6 is 0 Å². The third-order valence-corrected chi connectivity index (χ3v) is 3.39. The van der Waals surface area contributed by atoms with Crippen molar-refractivity contribution in [3.63, 3.8) is 0 Å².